The molecule has 0 saturated heterocycles. The lowest BCUT2D eigenvalue weighted by Crippen LogP contribution is -2.00. The molecule has 7 nitrogen and oxygen atoms in total. The number of nitrogens with zero attached hydrogens (tertiary/aromatic N) is 4. The monoisotopic (exact) mass is 368 g/mol. The fraction of sp³-hybridized carbons (Fsp3) is 0. The summed E-state index contributed by atoms with van der Waals surface area (Å²) < 4.78 is 7.54. The maximum absolute atomic E-state index is 6.14. The predicted molar refractivity (Wildman–Crippen MR) is 107 cm³/mol. The van der Waals surface area contributed by atoms with E-state index in [-0.39, 0.29) is 0 Å². The van der Waals surface area contributed by atoms with Crippen molar-refractivity contribution >= 4 is 16.7 Å². The highest BCUT2D eigenvalue weighted by atomic mass is 16.5. The Kier molecular flexibility index (Phi) is 3.76. The number of aromatic amines is 1. The van der Waals surface area contributed by atoms with Crippen LogP contribution in [0.4, 0.5) is 5.82 Å². The molecule has 136 valence electrons. The minimum absolute atomic E-state index is 0.422. The lowest BCUT2D eigenvalue weighted by molar-refractivity contribution is 0.483. The van der Waals surface area contributed by atoms with Gasteiger partial charge in [0.05, 0.1) is 5.39 Å². The van der Waals surface area contributed by atoms with E-state index in [1.54, 1.807) is 17.1 Å². The van der Waals surface area contributed by atoms with E-state index in [1.807, 2.05) is 66.9 Å². The summed E-state index contributed by atoms with van der Waals surface area (Å²) in [5.74, 6) is 2.62. The Hall–Kier alpha value is -4.13. The van der Waals surface area contributed by atoms with Crippen molar-refractivity contribution in [2.24, 2.45) is 0 Å². The molecule has 7 heteroatoms. The molecule has 0 radical (unpaired) electrons. The molecule has 3 aromatic heterocycles. The highest BCUT2D eigenvalue weighted by molar-refractivity contribution is 6.03. The van der Waals surface area contributed by atoms with Crippen molar-refractivity contribution in [1.29, 1.82) is 0 Å². The van der Waals surface area contributed by atoms with E-state index in [1.165, 1.54) is 0 Å². The predicted octanol–water partition coefficient (Wildman–Crippen LogP) is 4.19. The zero-order valence-corrected chi connectivity index (χ0v) is 14.8. The quantitative estimate of drug-likeness (QED) is 0.496. The lowest BCUT2D eigenvalue weighted by Gasteiger charge is -2.09. The normalized spacial score (nSPS) is 11.0. The highest BCUT2D eigenvalue weighted by Gasteiger charge is 2.16. The van der Waals surface area contributed by atoms with Crippen LogP contribution in [0.2, 0.25) is 0 Å². The van der Waals surface area contributed by atoms with Gasteiger partial charge in [0.25, 0.3) is 0 Å². The molecule has 0 unspecified atom stereocenters. The highest BCUT2D eigenvalue weighted by Crippen LogP contribution is 2.34. The number of nitrogens with one attached hydrogen (secondary N) is 1. The third-order valence-electron chi connectivity index (χ3n) is 4.47. The number of rotatable bonds is 4. The Morgan fingerprint density at radius 2 is 1.71 bits per heavy atom. The lowest BCUT2D eigenvalue weighted by atomic mass is 10.0. The summed E-state index contributed by atoms with van der Waals surface area (Å²) in [5.41, 5.74) is 8.75. The zero-order valence-electron chi connectivity index (χ0n) is 14.8. The minimum atomic E-state index is 0.422. The maximum Gasteiger partial charge on any atom is 0.179 e. The summed E-state index contributed by atoms with van der Waals surface area (Å²) >= 11 is 0. The van der Waals surface area contributed by atoms with Crippen molar-refractivity contribution in [3.8, 4) is 28.4 Å². The molecule has 5 aromatic rings. The maximum atomic E-state index is 6.14. The van der Waals surface area contributed by atoms with Gasteiger partial charge in [-0.2, -0.15) is 10.2 Å². The Morgan fingerprint density at radius 3 is 2.46 bits per heavy atom. The van der Waals surface area contributed by atoms with Crippen molar-refractivity contribution in [3.05, 3.63) is 79.3 Å². The van der Waals surface area contributed by atoms with Gasteiger partial charge in [-0.3, -0.25) is 5.10 Å². The van der Waals surface area contributed by atoms with Gasteiger partial charge in [0, 0.05) is 24.2 Å². The summed E-state index contributed by atoms with van der Waals surface area (Å²) in [6.45, 7) is 0. The van der Waals surface area contributed by atoms with E-state index < -0.39 is 0 Å². The first kappa shape index (κ1) is 16.1. The van der Waals surface area contributed by atoms with Crippen LogP contribution in [0, 0.1) is 0 Å². The van der Waals surface area contributed by atoms with Crippen molar-refractivity contribution in [3.63, 3.8) is 0 Å². The van der Waals surface area contributed by atoms with E-state index in [9.17, 15) is 0 Å². The minimum Gasteiger partial charge on any atom is -0.457 e. The molecule has 3 heterocycles. The van der Waals surface area contributed by atoms with Crippen LogP contribution in [0.3, 0.4) is 0 Å². The van der Waals surface area contributed by atoms with Crippen LogP contribution in [0.5, 0.6) is 11.5 Å². The molecule has 0 aliphatic rings. The first-order valence-corrected chi connectivity index (χ1v) is 8.75. The number of fused-ring (bicyclic) bond motifs is 1. The number of hydrogen-bond acceptors (Lipinski definition) is 5. The number of nitrogen functional groups attached to an aromatic ring is 1. The van der Waals surface area contributed by atoms with Gasteiger partial charge >= 0.3 is 0 Å². The van der Waals surface area contributed by atoms with E-state index in [0.717, 1.165) is 33.5 Å². The topological polar surface area (TPSA) is 94.6 Å². The number of hydrogen-bond donors (Lipinski definition) is 2. The molecule has 2 aromatic carbocycles. The average Bonchev–Trinajstić information content (AvgIpc) is 3.40. The second-order valence-corrected chi connectivity index (χ2v) is 6.24. The summed E-state index contributed by atoms with van der Waals surface area (Å²) in [4.78, 5) is 4.57. The smallest absolute Gasteiger partial charge is 0.179 e. The Labute approximate surface area is 160 Å². The Morgan fingerprint density at radius 1 is 0.929 bits per heavy atom. The molecule has 5 rings (SSSR count). The fourth-order valence-corrected chi connectivity index (χ4v) is 3.16. The van der Waals surface area contributed by atoms with Gasteiger partial charge in [-0.15, -0.1) is 0 Å². The number of nitrogens with two attached hydrogens (primary N) is 1. The summed E-state index contributed by atoms with van der Waals surface area (Å²) in [6.07, 6.45) is 5.32. The van der Waals surface area contributed by atoms with Gasteiger partial charge in [0.15, 0.2) is 11.6 Å². The molecule has 28 heavy (non-hydrogen) atoms. The number of para-hydroxylation sites is 1. The summed E-state index contributed by atoms with van der Waals surface area (Å²) in [6, 6.07) is 19.3. The third-order valence-corrected chi connectivity index (χ3v) is 4.47. The first-order chi connectivity index (χ1) is 13.8. The van der Waals surface area contributed by atoms with Crippen LogP contribution >= 0.6 is 0 Å². The van der Waals surface area contributed by atoms with Crippen molar-refractivity contribution in [1.82, 2.24) is 25.0 Å². The molecule has 0 saturated carbocycles. The molecule has 0 aliphatic heterocycles. The van der Waals surface area contributed by atoms with Crippen LogP contribution in [-0.2, 0) is 0 Å². The van der Waals surface area contributed by atoms with Gasteiger partial charge in [-0.1, -0.05) is 30.3 Å². The summed E-state index contributed by atoms with van der Waals surface area (Å²) in [5, 5.41) is 12.2. The van der Waals surface area contributed by atoms with Crippen LogP contribution in [0.15, 0.2) is 79.3 Å². The van der Waals surface area contributed by atoms with Gasteiger partial charge in [-0.05, 0) is 35.9 Å². The molecule has 0 amide bonds. The van der Waals surface area contributed by atoms with E-state index in [2.05, 4.69) is 20.3 Å². The number of pyridine rings is 1. The van der Waals surface area contributed by atoms with E-state index in [0.29, 0.717) is 11.6 Å². The summed E-state index contributed by atoms with van der Waals surface area (Å²) in [7, 11) is 0. The van der Waals surface area contributed by atoms with Crippen LogP contribution in [-0.4, -0.2) is 25.0 Å². The molecule has 0 atom stereocenters. The van der Waals surface area contributed by atoms with Crippen LogP contribution in [0.25, 0.3) is 27.8 Å². The first-order valence-electron chi connectivity index (χ1n) is 8.75. The van der Waals surface area contributed by atoms with Gasteiger partial charge in [0.2, 0.25) is 0 Å². The number of benzene rings is 2. The van der Waals surface area contributed by atoms with E-state index in [4.69, 9.17) is 10.5 Å². The molecule has 0 aliphatic carbocycles. The van der Waals surface area contributed by atoms with Crippen molar-refractivity contribution < 1.29 is 4.74 Å². The third kappa shape index (κ3) is 2.75. The van der Waals surface area contributed by atoms with Crippen molar-refractivity contribution in [2.45, 2.75) is 0 Å². The fourth-order valence-electron chi connectivity index (χ4n) is 3.16. The zero-order chi connectivity index (χ0) is 18.9. The molecule has 3 N–H and O–H groups in total. The second kappa shape index (κ2) is 6.55. The van der Waals surface area contributed by atoms with Gasteiger partial charge in [-0.25, -0.2) is 9.67 Å². The van der Waals surface area contributed by atoms with Gasteiger partial charge in [0.1, 0.15) is 17.0 Å². The van der Waals surface area contributed by atoms with E-state index >= 15 is 0 Å². The Bertz CT molecular complexity index is 1230. The standard InChI is InChI=1S/C21H16N6O/c22-20-18-17(13-23-21(19(18)25-26-20)27-12-4-11-24-27)14-7-9-16(10-8-14)28-15-5-2-1-3-6-15/h1-13H,(H3,22,25,26). The molecule has 0 bridgehead atoms. The molecular formula is C21H16N6O. The Balaban J connectivity index is 1.54. The largest absolute Gasteiger partial charge is 0.457 e. The molecular weight excluding hydrogens is 352 g/mol. The SMILES string of the molecule is Nc1n[nH]c2c(-n3cccn3)ncc(-c3ccc(Oc4ccccc4)cc3)c12. The number of aromatic nitrogens is 5. The second-order valence-electron chi connectivity index (χ2n) is 6.24. The number of H-pyrrole nitrogens is 1. The molecule has 0 fully saturated rings. The van der Waals surface area contributed by atoms with Crippen LogP contribution < -0.4 is 10.5 Å². The van der Waals surface area contributed by atoms with Crippen molar-refractivity contribution in [2.75, 3.05) is 5.73 Å². The average molecular weight is 368 g/mol. The number of anilines is 1. The molecule has 0 spiro atoms. The van der Waals surface area contributed by atoms with Crippen LogP contribution in [0.1, 0.15) is 0 Å². The number of ether oxygens (including phenoxy) is 1. The van der Waals surface area contributed by atoms with Gasteiger partial charge < -0.3 is 10.5 Å².